The Morgan fingerprint density at radius 3 is 2.19 bits per heavy atom. The number of benzene rings is 1. The van der Waals surface area contributed by atoms with Crippen molar-refractivity contribution in [3.05, 3.63) is 41.5 Å². The second-order valence-electron chi connectivity index (χ2n) is 15.9. The Bertz CT molecular complexity index is 1010. The van der Waals surface area contributed by atoms with Crippen LogP contribution < -0.4 is 4.43 Å². The first-order chi connectivity index (χ1) is 16.9. The minimum atomic E-state index is -1.90. The minimum absolute atomic E-state index is 0.193. The normalized spacial score (nSPS) is 30.4. The van der Waals surface area contributed by atoms with E-state index >= 15 is 0 Å². The molecule has 2 fully saturated rings. The Hall–Kier alpha value is -0.846. The van der Waals surface area contributed by atoms with Crippen molar-refractivity contribution in [2.45, 2.75) is 142 Å². The van der Waals surface area contributed by atoms with Crippen LogP contribution >= 0.6 is 0 Å². The van der Waals surface area contributed by atoms with Gasteiger partial charge in [-0.1, -0.05) is 60.6 Å². The Morgan fingerprint density at radius 1 is 0.946 bits per heavy atom. The molecule has 3 aliphatic rings. The van der Waals surface area contributed by atoms with Gasteiger partial charge in [0.25, 0.3) is 0 Å². The van der Waals surface area contributed by atoms with Crippen LogP contribution in [0.1, 0.15) is 103 Å². The van der Waals surface area contributed by atoms with Crippen molar-refractivity contribution in [2.24, 2.45) is 17.3 Å². The average molecular weight is 541 g/mol. The van der Waals surface area contributed by atoms with E-state index in [1.165, 1.54) is 44.1 Å². The van der Waals surface area contributed by atoms with E-state index in [9.17, 15) is 0 Å². The molecule has 0 aliphatic heterocycles. The van der Waals surface area contributed by atoms with Gasteiger partial charge in [-0.2, -0.15) is 0 Å². The van der Waals surface area contributed by atoms with Crippen LogP contribution in [-0.2, 0) is 17.3 Å². The molecule has 0 N–H and O–H groups in total. The van der Waals surface area contributed by atoms with Crippen molar-refractivity contribution in [2.75, 3.05) is 0 Å². The van der Waals surface area contributed by atoms with E-state index in [4.69, 9.17) is 8.85 Å². The van der Waals surface area contributed by atoms with Gasteiger partial charge in [0.15, 0.2) is 8.32 Å². The molecule has 4 rings (SSSR count). The minimum Gasteiger partial charge on any atom is -0.543 e. The van der Waals surface area contributed by atoms with Gasteiger partial charge in [-0.3, -0.25) is 0 Å². The van der Waals surface area contributed by atoms with Crippen molar-refractivity contribution >= 4 is 16.6 Å². The fraction of sp³-hybridized carbons (Fsp3) is 0.758. The highest BCUT2D eigenvalue weighted by Gasteiger charge is 2.57. The van der Waals surface area contributed by atoms with Gasteiger partial charge in [-0.15, -0.1) is 6.58 Å². The Morgan fingerprint density at radius 2 is 1.59 bits per heavy atom. The third-order valence-corrected chi connectivity index (χ3v) is 20.4. The second-order valence-corrected chi connectivity index (χ2v) is 25.4. The Labute approximate surface area is 231 Å². The summed E-state index contributed by atoms with van der Waals surface area (Å²) in [7, 11) is -3.67. The third-order valence-electron chi connectivity index (χ3n) is 11.6. The zero-order chi connectivity index (χ0) is 27.6. The lowest BCUT2D eigenvalue weighted by Gasteiger charge is -2.52. The van der Waals surface area contributed by atoms with Crippen molar-refractivity contribution in [1.82, 2.24) is 0 Å². The fourth-order valence-electron chi connectivity index (χ4n) is 7.16. The van der Waals surface area contributed by atoms with Gasteiger partial charge in [0, 0.05) is 0 Å². The molecule has 1 aromatic rings. The summed E-state index contributed by atoms with van der Waals surface area (Å²) in [5, 5.41) is 0.465. The molecule has 0 bridgehead atoms. The Kier molecular flexibility index (Phi) is 7.61. The van der Waals surface area contributed by atoms with Crippen LogP contribution in [0, 0.1) is 17.3 Å². The molecule has 37 heavy (non-hydrogen) atoms. The predicted molar refractivity (Wildman–Crippen MR) is 165 cm³/mol. The van der Waals surface area contributed by atoms with Gasteiger partial charge >= 0.3 is 0 Å². The second kappa shape index (κ2) is 9.66. The number of hydrogen-bond acceptors (Lipinski definition) is 2. The van der Waals surface area contributed by atoms with E-state index in [2.05, 4.69) is 99.4 Å². The van der Waals surface area contributed by atoms with E-state index in [1.54, 1.807) is 11.1 Å². The molecule has 0 heterocycles. The molecule has 0 aromatic heterocycles. The molecule has 0 amide bonds. The number of hydrogen-bond donors (Lipinski definition) is 0. The lowest BCUT2D eigenvalue weighted by molar-refractivity contribution is -0.0165. The van der Waals surface area contributed by atoms with Crippen LogP contribution in [0.5, 0.6) is 5.75 Å². The molecule has 0 saturated heterocycles. The first kappa shape index (κ1) is 29.1. The standard InChI is InChI=1S/C33H56O2Si2/c1-13-14-24-21-27-23(22-29(24)34-36(9,10)31(2,3)4)15-16-26-25(27)19-20-33(8)28(26)17-18-30(33)35-37(11,12)32(5,6)7/h13,21-22,25-26,28,30H,1,14-20H2,2-12H3/t25-,26+,28-,30-,33-/m0/s1. The quantitative estimate of drug-likeness (QED) is 0.264. The van der Waals surface area contributed by atoms with Crippen molar-refractivity contribution in [1.29, 1.82) is 0 Å². The van der Waals surface area contributed by atoms with Crippen LogP contribution in [0.3, 0.4) is 0 Å². The molecule has 3 aliphatic carbocycles. The smallest absolute Gasteiger partial charge is 0.250 e. The molecule has 208 valence electrons. The average Bonchev–Trinajstić information content (AvgIpc) is 3.08. The van der Waals surface area contributed by atoms with E-state index in [1.807, 2.05) is 0 Å². The highest BCUT2D eigenvalue weighted by Crippen LogP contribution is 2.62. The maximum atomic E-state index is 7.14. The van der Waals surface area contributed by atoms with Crippen LogP contribution in [-0.4, -0.2) is 22.7 Å². The van der Waals surface area contributed by atoms with Crippen LogP contribution in [0.2, 0.25) is 36.3 Å². The first-order valence-corrected chi connectivity index (χ1v) is 20.9. The van der Waals surface area contributed by atoms with E-state index in [0.717, 1.165) is 24.0 Å². The predicted octanol–water partition coefficient (Wildman–Crippen LogP) is 10.0. The van der Waals surface area contributed by atoms with Gasteiger partial charge in [0.05, 0.1) is 6.10 Å². The maximum absolute atomic E-state index is 7.14. The van der Waals surface area contributed by atoms with E-state index in [0.29, 0.717) is 17.4 Å². The number of allylic oxidation sites excluding steroid dienone is 1. The van der Waals surface area contributed by atoms with Crippen molar-refractivity contribution in [3.8, 4) is 5.75 Å². The fourth-order valence-corrected chi connectivity index (χ4v) is 9.66. The highest BCUT2D eigenvalue weighted by atomic mass is 28.4. The summed E-state index contributed by atoms with van der Waals surface area (Å²) in [6.07, 6.45) is 11.1. The largest absolute Gasteiger partial charge is 0.543 e. The third kappa shape index (κ3) is 5.21. The van der Waals surface area contributed by atoms with Gasteiger partial charge in [0.2, 0.25) is 8.32 Å². The zero-order valence-corrected chi connectivity index (χ0v) is 28.0. The lowest BCUT2D eigenvalue weighted by atomic mass is 9.55. The van der Waals surface area contributed by atoms with Gasteiger partial charge in [-0.25, -0.2) is 0 Å². The molecule has 1 aromatic carbocycles. The molecule has 0 radical (unpaired) electrons. The summed E-state index contributed by atoms with van der Waals surface area (Å²) < 4.78 is 14.0. The summed E-state index contributed by atoms with van der Waals surface area (Å²) in [4.78, 5) is 0. The molecule has 2 saturated carbocycles. The summed E-state index contributed by atoms with van der Waals surface area (Å²) in [6.45, 7) is 30.4. The van der Waals surface area contributed by atoms with Crippen LogP contribution in [0.4, 0.5) is 0 Å². The molecular formula is C33H56O2Si2. The summed E-state index contributed by atoms with van der Waals surface area (Å²) in [5.41, 5.74) is 4.87. The molecule has 2 nitrogen and oxygen atoms in total. The van der Waals surface area contributed by atoms with Crippen molar-refractivity contribution in [3.63, 3.8) is 0 Å². The molecule has 5 atom stereocenters. The number of rotatable bonds is 6. The molecule has 4 heteroatoms. The van der Waals surface area contributed by atoms with Gasteiger partial charge in [0.1, 0.15) is 5.75 Å². The molecular weight excluding hydrogens is 485 g/mol. The van der Waals surface area contributed by atoms with Crippen molar-refractivity contribution < 1.29 is 8.85 Å². The van der Waals surface area contributed by atoms with Crippen LogP contribution in [0.15, 0.2) is 24.8 Å². The van der Waals surface area contributed by atoms with Gasteiger partial charge < -0.3 is 8.85 Å². The van der Waals surface area contributed by atoms with E-state index < -0.39 is 16.6 Å². The SMILES string of the molecule is C=CCc1cc2c(cc1O[Si](C)(C)C(C)(C)C)CC[C@@H]1[C@@H]2CC[C@]2(C)[C@@H](O[Si](C)(C)C(C)(C)C)CC[C@@H]12. The zero-order valence-electron chi connectivity index (χ0n) is 26.0. The summed E-state index contributed by atoms with van der Waals surface area (Å²) in [5.74, 6) is 3.41. The monoisotopic (exact) mass is 540 g/mol. The first-order valence-electron chi connectivity index (χ1n) is 15.0. The lowest BCUT2D eigenvalue weighted by Crippen LogP contribution is -2.50. The molecule has 0 unspecified atom stereocenters. The Balaban J connectivity index is 1.62. The van der Waals surface area contributed by atoms with Gasteiger partial charge in [-0.05, 0) is 127 Å². The highest BCUT2D eigenvalue weighted by molar-refractivity contribution is 6.75. The van der Waals surface area contributed by atoms with Crippen LogP contribution in [0.25, 0.3) is 0 Å². The number of fused-ring (bicyclic) bond motifs is 5. The maximum Gasteiger partial charge on any atom is 0.250 e. The summed E-state index contributed by atoms with van der Waals surface area (Å²) in [6, 6.07) is 4.98. The topological polar surface area (TPSA) is 18.5 Å². The summed E-state index contributed by atoms with van der Waals surface area (Å²) >= 11 is 0. The van der Waals surface area contributed by atoms with E-state index in [-0.39, 0.29) is 10.1 Å². The number of aryl methyl sites for hydroxylation is 1. The molecule has 0 spiro atoms.